The fourth-order valence-corrected chi connectivity index (χ4v) is 4.91. The average Bonchev–Trinajstić information content (AvgIpc) is 3.22. The molecule has 2 fully saturated rings. The zero-order chi connectivity index (χ0) is 19.9. The highest BCUT2D eigenvalue weighted by Crippen LogP contribution is 2.36. The number of nitrogens with one attached hydrogen (secondary N) is 2. The molecule has 0 saturated carbocycles. The predicted octanol–water partition coefficient (Wildman–Crippen LogP) is 1.59. The topological polar surface area (TPSA) is 70.7 Å². The predicted molar refractivity (Wildman–Crippen MR) is 107 cm³/mol. The van der Waals surface area contributed by atoms with Crippen molar-refractivity contribution in [1.82, 2.24) is 15.5 Å². The summed E-state index contributed by atoms with van der Waals surface area (Å²) in [6.45, 7) is 9.88. The number of benzene rings is 1. The molecule has 1 aromatic rings. The first-order chi connectivity index (χ1) is 13.3. The Kier molecular flexibility index (Phi) is 4.96. The van der Waals surface area contributed by atoms with E-state index < -0.39 is 5.54 Å². The number of hydrogen-bond acceptors (Lipinski definition) is 4. The van der Waals surface area contributed by atoms with Crippen LogP contribution in [-0.2, 0) is 16.0 Å². The second-order valence-corrected chi connectivity index (χ2v) is 9.66. The van der Waals surface area contributed by atoms with Crippen molar-refractivity contribution >= 4 is 11.8 Å². The van der Waals surface area contributed by atoms with E-state index >= 15 is 0 Å². The standard InChI is InChI=1S/C22H31N3O3/c1-21(2,3)23-20(27)18-12-25(11-15-8-9-28-13-15)14-22(18)10-16-6-4-5-7-17(16)19(26)24-22/h4-7,15,18H,8-14H2,1-3H3,(H,23,27)(H,24,26)/t15-,18-,22+/m0/s1. The maximum absolute atomic E-state index is 13.2. The highest BCUT2D eigenvalue weighted by atomic mass is 16.5. The van der Waals surface area contributed by atoms with E-state index in [1.54, 1.807) is 0 Å². The quantitative estimate of drug-likeness (QED) is 0.829. The van der Waals surface area contributed by atoms with Crippen molar-refractivity contribution in [2.24, 2.45) is 11.8 Å². The lowest BCUT2D eigenvalue weighted by molar-refractivity contribution is -0.127. The van der Waals surface area contributed by atoms with Gasteiger partial charge >= 0.3 is 0 Å². The van der Waals surface area contributed by atoms with E-state index in [1.165, 1.54) is 0 Å². The Balaban J connectivity index is 1.61. The van der Waals surface area contributed by atoms with Gasteiger partial charge in [0, 0.05) is 37.3 Å². The lowest BCUT2D eigenvalue weighted by Crippen LogP contribution is -2.62. The van der Waals surface area contributed by atoms with Gasteiger partial charge in [-0.1, -0.05) is 18.2 Å². The van der Waals surface area contributed by atoms with Gasteiger partial charge < -0.3 is 15.4 Å². The molecule has 3 heterocycles. The molecule has 4 rings (SSSR count). The Hall–Kier alpha value is -1.92. The van der Waals surface area contributed by atoms with Crippen molar-refractivity contribution in [3.63, 3.8) is 0 Å². The van der Waals surface area contributed by atoms with Gasteiger partial charge in [0.1, 0.15) is 0 Å². The van der Waals surface area contributed by atoms with E-state index in [0.29, 0.717) is 25.4 Å². The summed E-state index contributed by atoms with van der Waals surface area (Å²) in [5, 5.41) is 6.39. The molecule has 0 aliphatic carbocycles. The van der Waals surface area contributed by atoms with Crippen LogP contribution in [0.4, 0.5) is 0 Å². The SMILES string of the molecule is CC(C)(C)NC(=O)[C@@H]1CN(C[C@@H]2CCOC2)C[C@]12Cc1ccccc1C(=O)N2. The lowest BCUT2D eigenvalue weighted by atomic mass is 9.76. The maximum atomic E-state index is 13.2. The summed E-state index contributed by atoms with van der Waals surface area (Å²) in [5.41, 5.74) is 0.901. The third kappa shape index (κ3) is 3.80. The van der Waals surface area contributed by atoms with E-state index in [-0.39, 0.29) is 23.3 Å². The zero-order valence-electron chi connectivity index (χ0n) is 17.1. The minimum Gasteiger partial charge on any atom is -0.381 e. The first-order valence-corrected chi connectivity index (χ1v) is 10.3. The second kappa shape index (κ2) is 7.16. The van der Waals surface area contributed by atoms with Gasteiger partial charge in [0.05, 0.1) is 18.1 Å². The van der Waals surface area contributed by atoms with Gasteiger partial charge in [-0.3, -0.25) is 14.5 Å². The minimum absolute atomic E-state index is 0.0253. The van der Waals surface area contributed by atoms with Crippen molar-refractivity contribution in [3.05, 3.63) is 35.4 Å². The molecule has 0 unspecified atom stereocenters. The Bertz CT molecular complexity index is 767. The molecule has 152 valence electrons. The highest BCUT2D eigenvalue weighted by molar-refractivity contribution is 5.98. The fraction of sp³-hybridized carbons (Fsp3) is 0.636. The molecule has 0 bridgehead atoms. The Morgan fingerprint density at radius 3 is 2.86 bits per heavy atom. The summed E-state index contributed by atoms with van der Waals surface area (Å²) in [4.78, 5) is 28.4. The van der Waals surface area contributed by atoms with Crippen LogP contribution >= 0.6 is 0 Å². The van der Waals surface area contributed by atoms with Crippen molar-refractivity contribution < 1.29 is 14.3 Å². The number of carbonyl (C=O) groups is 2. The molecule has 1 spiro atoms. The number of hydrogen-bond donors (Lipinski definition) is 2. The van der Waals surface area contributed by atoms with Gasteiger partial charge in [-0.05, 0) is 51.2 Å². The van der Waals surface area contributed by atoms with Gasteiger partial charge in [-0.15, -0.1) is 0 Å². The van der Waals surface area contributed by atoms with E-state index in [1.807, 2.05) is 45.0 Å². The summed E-state index contributed by atoms with van der Waals surface area (Å²) in [5.74, 6) is 0.193. The monoisotopic (exact) mass is 385 g/mol. The van der Waals surface area contributed by atoms with Gasteiger partial charge in [-0.2, -0.15) is 0 Å². The van der Waals surface area contributed by atoms with Crippen molar-refractivity contribution in [2.75, 3.05) is 32.8 Å². The molecule has 2 saturated heterocycles. The fourth-order valence-electron chi connectivity index (χ4n) is 4.91. The van der Waals surface area contributed by atoms with Crippen molar-refractivity contribution in [2.45, 2.75) is 44.7 Å². The number of rotatable bonds is 3. The van der Waals surface area contributed by atoms with Crippen LogP contribution in [0.1, 0.15) is 43.1 Å². The lowest BCUT2D eigenvalue weighted by Gasteiger charge is -2.40. The molecule has 6 nitrogen and oxygen atoms in total. The molecule has 3 aliphatic rings. The van der Waals surface area contributed by atoms with Gasteiger partial charge in [0.15, 0.2) is 0 Å². The zero-order valence-corrected chi connectivity index (χ0v) is 17.1. The molecule has 0 aromatic heterocycles. The molecule has 1 aromatic carbocycles. The summed E-state index contributed by atoms with van der Waals surface area (Å²) in [6.07, 6.45) is 1.76. The van der Waals surface area contributed by atoms with Gasteiger partial charge in [-0.25, -0.2) is 0 Å². The normalized spacial score (nSPS) is 30.3. The number of carbonyl (C=O) groups excluding carboxylic acids is 2. The largest absolute Gasteiger partial charge is 0.381 e. The van der Waals surface area contributed by atoms with Crippen LogP contribution < -0.4 is 10.6 Å². The summed E-state index contributed by atoms with van der Waals surface area (Å²) in [7, 11) is 0. The smallest absolute Gasteiger partial charge is 0.252 e. The number of fused-ring (bicyclic) bond motifs is 1. The van der Waals surface area contributed by atoms with Gasteiger partial charge in [0.25, 0.3) is 5.91 Å². The molecule has 28 heavy (non-hydrogen) atoms. The number of ether oxygens (including phenoxy) is 1. The summed E-state index contributed by atoms with van der Waals surface area (Å²) >= 11 is 0. The molecule has 6 heteroatoms. The first-order valence-electron chi connectivity index (χ1n) is 10.3. The molecular formula is C22H31N3O3. The molecule has 3 aliphatic heterocycles. The molecule has 0 radical (unpaired) electrons. The van der Waals surface area contributed by atoms with E-state index in [4.69, 9.17) is 4.74 Å². The van der Waals surface area contributed by atoms with E-state index in [2.05, 4.69) is 15.5 Å². The summed E-state index contributed by atoms with van der Waals surface area (Å²) in [6, 6.07) is 7.74. The third-order valence-corrected chi connectivity index (χ3v) is 6.10. The maximum Gasteiger partial charge on any atom is 0.252 e. The van der Waals surface area contributed by atoms with Crippen LogP contribution in [0.25, 0.3) is 0 Å². The molecule has 2 amide bonds. The van der Waals surface area contributed by atoms with Crippen LogP contribution in [0, 0.1) is 11.8 Å². The average molecular weight is 386 g/mol. The van der Waals surface area contributed by atoms with Crippen LogP contribution in [0.3, 0.4) is 0 Å². The minimum atomic E-state index is -0.555. The van der Waals surface area contributed by atoms with Crippen LogP contribution in [0.2, 0.25) is 0 Å². The molecule has 2 N–H and O–H groups in total. The third-order valence-electron chi connectivity index (χ3n) is 6.10. The Morgan fingerprint density at radius 1 is 1.36 bits per heavy atom. The van der Waals surface area contributed by atoms with Crippen molar-refractivity contribution in [1.29, 1.82) is 0 Å². The van der Waals surface area contributed by atoms with E-state index in [9.17, 15) is 9.59 Å². The molecule has 3 atom stereocenters. The summed E-state index contributed by atoms with van der Waals surface area (Å²) < 4.78 is 5.53. The van der Waals surface area contributed by atoms with Crippen LogP contribution in [0.5, 0.6) is 0 Å². The number of likely N-dealkylation sites (tertiary alicyclic amines) is 1. The second-order valence-electron chi connectivity index (χ2n) is 9.66. The Morgan fingerprint density at radius 2 is 2.14 bits per heavy atom. The highest BCUT2D eigenvalue weighted by Gasteiger charge is 2.53. The van der Waals surface area contributed by atoms with Gasteiger partial charge in [0.2, 0.25) is 5.91 Å². The Labute approximate surface area is 167 Å². The number of nitrogens with zero attached hydrogens (tertiary/aromatic N) is 1. The van der Waals surface area contributed by atoms with Crippen LogP contribution in [-0.4, -0.2) is 60.6 Å². The van der Waals surface area contributed by atoms with E-state index in [0.717, 1.165) is 37.3 Å². The van der Waals surface area contributed by atoms with Crippen molar-refractivity contribution in [3.8, 4) is 0 Å². The number of amides is 2. The van der Waals surface area contributed by atoms with Crippen LogP contribution in [0.15, 0.2) is 24.3 Å². The molecular weight excluding hydrogens is 354 g/mol. The first kappa shape index (κ1) is 19.4.